The van der Waals surface area contributed by atoms with Crippen LogP contribution in [-0.2, 0) is 6.61 Å². The molecule has 2 heterocycles. The third-order valence-electron chi connectivity index (χ3n) is 4.48. The van der Waals surface area contributed by atoms with E-state index in [1.54, 1.807) is 32.4 Å². The normalized spacial score (nSPS) is 10.6. The molecule has 0 aliphatic heterocycles. The Kier molecular flexibility index (Phi) is 6.37. The van der Waals surface area contributed by atoms with Crippen molar-refractivity contribution >= 4 is 22.4 Å². The topological polar surface area (TPSA) is 82.8 Å². The molecule has 1 amide bonds. The second-order valence-corrected chi connectivity index (χ2v) is 7.43. The highest BCUT2D eigenvalue weighted by molar-refractivity contribution is 7.14. The van der Waals surface area contributed by atoms with Crippen LogP contribution in [0.4, 0.5) is 9.52 Å². The average molecular weight is 454 g/mol. The number of aromatic nitrogens is 1. The van der Waals surface area contributed by atoms with Crippen LogP contribution in [0.5, 0.6) is 17.2 Å². The molecule has 4 rings (SSSR count). The van der Waals surface area contributed by atoms with Crippen LogP contribution in [0, 0.1) is 5.82 Å². The Labute approximate surface area is 187 Å². The lowest BCUT2D eigenvalue weighted by atomic mass is 10.1. The number of methoxy groups -OCH3 is 2. The molecule has 9 heteroatoms. The van der Waals surface area contributed by atoms with E-state index in [0.29, 0.717) is 33.8 Å². The summed E-state index contributed by atoms with van der Waals surface area (Å²) in [6, 6.07) is 14.3. The molecule has 7 nitrogen and oxygen atoms in total. The van der Waals surface area contributed by atoms with Crippen molar-refractivity contribution in [2.75, 3.05) is 19.5 Å². The average Bonchev–Trinajstić information content (AvgIpc) is 3.48. The fourth-order valence-corrected chi connectivity index (χ4v) is 3.60. The number of hydrogen-bond acceptors (Lipinski definition) is 7. The van der Waals surface area contributed by atoms with Gasteiger partial charge in [0.15, 0.2) is 22.4 Å². The number of rotatable bonds is 8. The Morgan fingerprint density at radius 1 is 1.06 bits per heavy atom. The molecule has 0 bridgehead atoms. The van der Waals surface area contributed by atoms with Crippen LogP contribution in [0.15, 0.2) is 64.4 Å². The van der Waals surface area contributed by atoms with Gasteiger partial charge in [0, 0.05) is 10.9 Å². The fraction of sp³-hybridized carbons (Fsp3) is 0.130. The molecule has 0 saturated carbocycles. The van der Waals surface area contributed by atoms with E-state index in [1.807, 2.05) is 17.5 Å². The molecule has 164 valence electrons. The van der Waals surface area contributed by atoms with Crippen LogP contribution in [0.3, 0.4) is 0 Å². The number of nitrogens with one attached hydrogen (secondary N) is 1. The summed E-state index contributed by atoms with van der Waals surface area (Å²) in [6.07, 6.45) is 0. The predicted molar refractivity (Wildman–Crippen MR) is 118 cm³/mol. The van der Waals surface area contributed by atoms with Crippen molar-refractivity contribution in [1.82, 2.24) is 4.98 Å². The van der Waals surface area contributed by atoms with Gasteiger partial charge in [0.2, 0.25) is 0 Å². The van der Waals surface area contributed by atoms with Gasteiger partial charge in [-0.2, -0.15) is 0 Å². The highest BCUT2D eigenvalue weighted by Crippen LogP contribution is 2.33. The summed E-state index contributed by atoms with van der Waals surface area (Å²) in [5.74, 6) is 1.54. The molecule has 0 radical (unpaired) electrons. The van der Waals surface area contributed by atoms with Crippen molar-refractivity contribution in [3.8, 4) is 28.5 Å². The largest absolute Gasteiger partial charge is 0.493 e. The Balaban J connectivity index is 1.38. The number of hydrogen-bond donors (Lipinski definition) is 1. The standard InChI is InChI=1S/C23H19FN2O5S/c1-28-19-9-3-14(11-21(19)29-2)18-13-32-23(25-18)26-22(27)20-10-8-17(31-20)12-30-16-6-4-15(24)5-7-16/h3-11,13H,12H2,1-2H3,(H,25,26,27). The summed E-state index contributed by atoms with van der Waals surface area (Å²) >= 11 is 1.29. The second-order valence-electron chi connectivity index (χ2n) is 6.57. The Hall–Kier alpha value is -3.85. The minimum Gasteiger partial charge on any atom is -0.493 e. The van der Waals surface area contributed by atoms with Gasteiger partial charge < -0.3 is 18.6 Å². The number of ether oxygens (including phenoxy) is 3. The van der Waals surface area contributed by atoms with Gasteiger partial charge in [-0.25, -0.2) is 9.37 Å². The minimum atomic E-state index is -0.425. The van der Waals surface area contributed by atoms with Crippen LogP contribution in [0.2, 0.25) is 0 Å². The maximum absolute atomic E-state index is 13.0. The van der Waals surface area contributed by atoms with Crippen molar-refractivity contribution in [2.45, 2.75) is 6.61 Å². The van der Waals surface area contributed by atoms with Gasteiger partial charge in [-0.1, -0.05) is 0 Å². The van der Waals surface area contributed by atoms with E-state index in [2.05, 4.69) is 10.3 Å². The SMILES string of the molecule is COc1ccc(-c2csc(NC(=O)c3ccc(COc4ccc(F)cc4)o3)n2)cc1OC. The number of amides is 1. The fourth-order valence-electron chi connectivity index (χ4n) is 2.88. The summed E-state index contributed by atoms with van der Waals surface area (Å²) in [7, 11) is 3.14. The number of furan rings is 1. The number of benzene rings is 2. The molecule has 2 aromatic carbocycles. The zero-order valence-corrected chi connectivity index (χ0v) is 18.1. The van der Waals surface area contributed by atoms with Crippen molar-refractivity contribution in [2.24, 2.45) is 0 Å². The van der Waals surface area contributed by atoms with E-state index in [4.69, 9.17) is 18.6 Å². The highest BCUT2D eigenvalue weighted by Gasteiger charge is 2.15. The molecule has 0 unspecified atom stereocenters. The van der Waals surface area contributed by atoms with Crippen molar-refractivity contribution in [3.05, 3.63) is 77.3 Å². The monoisotopic (exact) mass is 454 g/mol. The molecule has 32 heavy (non-hydrogen) atoms. The van der Waals surface area contributed by atoms with Gasteiger partial charge in [0.25, 0.3) is 5.91 Å². The van der Waals surface area contributed by atoms with E-state index in [9.17, 15) is 9.18 Å². The van der Waals surface area contributed by atoms with Crippen LogP contribution < -0.4 is 19.5 Å². The number of carbonyl (C=O) groups excluding carboxylic acids is 1. The summed E-state index contributed by atoms with van der Waals surface area (Å²) in [5.41, 5.74) is 1.52. The van der Waals surface area contributed by atoms with E-state index in [-0.39, 0.29) is 18.2 Å². The van der Waals surface area contributed by atoms with Crippen molar-refractivity contribution in [3.63, 3.8) is 0 Å². The summed E-state index contributed by atoms with van der Waals surface area (Å²) in [6.45, 7) is 0.111. The lowest BCUT2D eigenvalue weighted by Crippen LogP contribution is -2.10. The second kappa shape index (κ2) is 9.52. The lowest BCUT2D eigenvalue weighted by molar-refractivity contribution is 0.0992. The van der Waals surface area contributed by atoms with E-state index in [0.717, 1.165) is 5.56 Å². The number of carbonyl (C=O) groups is 1. The number of nitrogens with zero attached hydrogens (tertiary/aromatic N) is 1. The summed E-state index contributed by atoms with van der Waals surface area (Å²) in [4.78, 5) is 17.0. The van der Waals surface area contributed by atoms with Crippen LogP contribution in [0.1, 0.15) is 16.3 Å². The van der Waals surface area contributed by atoms with Gasteiger partial charge in [0.05, 0.1) is 19.9 Å². The molecule has 2 aromatic heterocycles. The molecule has 0 aliphatic carbocycles. The van der Waals surface area contributed by atoms with E-state index < -0.39 is 5.91 Å². The Morgan fingerprint density at radius 3 is 2.59 bits per heavy atom. The summed E-state index contributed by atoms with van der Waals surface area (Å²) in [5, 5.41) is 4.99. The van der Waals surface area contributed by atoms with Crippen molar-refractivity contribution in [1.29, 1.82) is 0 Å². The summed E-state index contributed by atoms with van der Waals surface area (Å²) < 4.78 is 34.6. The Bertz CT molecular complexity index is 1220. The molecular formula is C23H19FN2O5S. The number of halogens is 1. The van der Waals surface area contributed by atoms with E-state index >= 15 is 0 Å². The Morgan fingerprint density at radius 2 is 1.84 bits per heavy atom. The quantitative estimate of drug-likeness (QED) is 0.384. The molecular weight excluding hydrogens is 435 g/mol. The van der Waals surface area contributed by atoms with E-state index in [1.165, 1.54) is 35.6 Å². The predicted octanol–water partition coefficient (Wildman–Crippen LogP) is 5.39. The molecule has 0 fully saturated rings. The van der Waals surface area contributed by atoms with Crippen molar-refractivity contribution < 1.29 is 27.8 Å². The smallest absolute Gasteiger partial charge is 0.293 e. The maximum Gasteiger partial charge on any atom is 0.293 e. The van der Waals surface area contributed by atoms with Gasteiger partial charge in [-0.3, -0.25) is 10.1 Å². The molecule has 4 aromatic rings. The van der Waals surface area contributed by atoms with Crippen LogP contribution in [-0.4, -0.2) is 25.1 Å². The molecule has 0 atom stereocenters. The van der Waals surface area contributed by atoms with Crippen LogP contribution in [0.25, 0.3) is 11.3 Å². The highest BCUT2D eigenvalue weighted by atomic mass is 32.1. The lowest BCUT2D eigenvalue weighted by Gasteiger charge is -2.08. The third kappa shape index (κ3) is 4.89. The van der Waals surface area contributed by atoms with Gasteiger partial charge in [-0.05, 0) is 54.6 Å². The van der Waals surface area contributed by atoms with Crippen LogP contribution >= 0.6 is 11.3 Å². The molecule has 0 saturated heterocycles. The van der Waals surface area contributed by atoms with Gasteiger partial charge in [-0.15, -0.1) is 11.3 Å². The third-order valence-corrected chi connectivity index (χ3v) is 5.24. The number of thiazole rings is 1. The molecule has 0 aliphatic rings. The zero-order valence-electron chi connectivity index (χ0n) is 17.3. The zero-order chi connectivity index (χ0) is 22.5. The first-order valence-electron chi connectivity index (χ1n) is 9.52. The van der Waals surface area contributed by atoms with Gasteiger partial charge in [0.1, 0.15) is 23.9 Å². The maximum atomic E-state index is 13.0. The first kappa shape index (κ1) is 21.4. The molecule has 1 N–H and O–H groups in total. The number of anilines is 1. The molecule has 0 spiro atoms. The first-order chi connectivity index (χ1) is 15.6. The minimum absolute atomic E-state index is 0.111. The first-order valence-corrected chi connectivity index (χ1v) is 10.4. The van der Waals surface area contributed by atoms with Gasteiger partial charge >= 0.3 is 0 Å².